The molecule has 1 aromatic heterocycles. The van der Waals surface area contributed by atoms with Gasteiger partial charge in [-0.15, -0.1) is 0 Å². The fourth-order valence-electron chi connectivity index (χ4n) is 2.42. The molecule has 0 spiro atoms. The van der Waals surface area contributed by atoms with E-state index in [0.29, 0.717) is 31.3 Å². The summed E-state index contributed by atoms with van der Waals surface area (Å²) in [4.78, 5) is 20.5. The Bertz CT molecular complexity index is 868. The maximum Gasteiger partial charge on any atom is 0.271 e. The molecule has 1 amide bonds. The molecule has 0 aliphatic rings. The van der Waals surface area contributed by atoms with Crippen molar-refractivity contribution in [3.05, 3.63) is 78.2 Å². The third kappa shape index (κ3) is 5.70. The fraction of sp³-hybridized carbons (Fsp3) is 0.190. The van der Waals surface area contributed by atoms with Gasteiger partial charge in [0, 0.05) is 6.54 Å². The normalized spacial score (nSPS) is 10.2. The van der Waals surface area contributed by atoms with Crippen molar-refractivity contribution in [3.63, 3.8) is 0 Å². The summed E-state index contributed by atoms with van der Waals surface area (Å²) in [7, 11) is 1.61. The van der Waals surface area contributed by atoms with E-state index in [-0.39, 0.29) is 11.6 Å². The molecule has 0 saturated carbocycles. The van der Waals surface area contributed by atoms with Gasteiger partial charge in [-0.05, 0) is 29.8 Å². The lowest BCUT2D eigenvalue weighted by atomic mass is 10.2. The molecule has 2 aromatic carbocycles. The molecule has 1 heterocycles. The first-order valence-electron chi connectivity index (χ1n) is 8.89. The molecule has 7 heteroatoms. The molecule has 0 aliphatic carbocycles. The monoisotopic (exact) mass is 378 g/mol. The number of ether oxygens (including phenoxy) is 2. The second kappa shape index (κ2) is 9.91. The van der Waals surface area contributed by atoms with Crippen molar-refractivity contribution in [2.75, 3.05) is 25.6 Å². The molecule has 0 aliphatic heterocycles. The maximum absolute atomic E-state index is 12.1. The number of hydrogen-bond donors (Lipinski definition) is 2. The van der Waals surface area contributed by atoms with Crippen LogP contribution >= 0.6 is 0 Å². The number of carbonyl (C=O) groups is 1. The van der Waals surface area contributed by atoms with E-state index in [9.17, 15) is 4.79 Å². The van der Waals surface area contributed by atoms with E-state index in [1.807, 2.05) is 54.6 Å². The van der Waals surface area contributed by atoms with E-state index in [1.165, 1.54) is 6.20 Å². The van der Waals surface area contributed by atoms with Gasteiger partial charge < -0.3 is 20.1 Å². The molecule has 0 bridgehead atoms. The summed E-state index contributed by atoms with van der Waals surface area (Å²) in [6.07, 6.45) is 3.00. The van der Waals surface area contributed by atoms with E-state index < -0.39 is 0 Å². The molecule has 3 rings (SSSR count). The molecular formula is C21H22N4O3. The van der Waals surface area contributed by atoms with Crippen molar-refractivity contribution >= 4 is 11.7 Å². The van der Waals surface area contributed by atoms with Gasteiger partial charge in [0.15, 0.2) is 0 Å². The van der Waals surface area contributed by atoms with Crippen LogP contribution in [0.15, 0.2) is 67.0 Å². The fourth-order valence-corrected chi connectivity index (χ4v) is 2.42. The molecule has 0 fully saturated rings. The van der Waals surface area contributed by atoms with Gasteiger partial charge in [-0.2, -0.15) is 0 Å². The van der Waals surface area contributed by atoms with Gasteiger partial charge >= 0.3 is 0 Å². The quantitative estimate of drug-likeness (QED) is 0.557. The van der Waals surface area contributed by atoms with Crippen molar-refractivity contribution in [1.29, 1.82) is 0 Å². The highest BCUT2D eigenvalue weighted by Crippen LogP contribution is 2.16. The third-order valence-corrected chi connectivity index (χ3v) is 3.92. The van der Waals surface area contributed by atoms with Crippen molar-refractivity contribution in [1.82, 2.24) is 15.3 Å². The molecule has 0 saturated heterocycles. The van der Waals surface area contributed by atoms with Crippen LogP contribution < -0.4 is 20.1 Å². The maximum atomic E-state index is 12.1. The summed E-state index contributed by atoms with van der Waals surface area (Å²) in [6, 6.07) is 17.2. The lowest BCUT2D eigenvalue weighted by molar-refractivity contribution is 0.0941. The van der Waals surface area contributed by atoms with Crippen LogP contribution in [0.1, 0.15) is 16.1 Å². The van der Waals surface area contributed by atoms with Gasteiger partial charge in [-0.1, -0.05) is 30.3 Å². The summed E-state index contributed by atoms with van der Waals surface area (Å²) in [6.45, 7) is 1.35. The van der Waals surface area contributed by atoms with Crippen molar-refractivity contribution in [2.45, 2.75) is 6.54 Å². The largest absolute Gasteiger partial charge is 0.497 e. The number of benzene rings is 2. The predicted octanol–water partition coefficient (Wildman–Crippen LogP) is 2.91. The Morgan fingerprint density at radius 2 is 1.71 bits per heavy atom. The Kier molecular flexibility index (Phi) is 6.78. The lowest BCUT2D eigenvalue weighted by Crippen LogP contribution is -2.28. The lowest BCUT2D eigenvalue weighted by Gasteiger charge is -2.09. The Morgan fingerprint density at radius 1 is 0.964 bits per heavy atom. The van der Waals surface area contributed by atoms with Crippen LogP contribution in [0.2, 0.25) is 0 Å². The van der Waals surface area contributed by atoms with Crippen LogP contribution in [-0.4, -0.2) is 36.1 Å². The molecule has 144 valence electrons. The molecule has 0 unspecified atom stereocenters. The van der Waals surface area contributed by atoms with Gasteiger partial charge in [0.2, 0.25) is 0 Å². The molecule has 2 N–H and O–H groups in total. The molecule has 0 radical (unpaired) electrons. The van der Waals surface area contributed by atoms with Crippen molar-refractivity contribution in [2.24, 2.45) is 0 Å². The number of carbonyl (C=O) groups excluding carboxylic acids is 1. The Balaban J connectivity index is 1.40. The number of anilines is 1. The van der Waals surface area contributed by atoms with Crippen LogP contribution in [0.4, 0.5) is 5.82 Å². The third-order valence-electron chi connectivity index (χ3n) is 3.92. The zero-order valence-corrected chi connectivity index (χ0v) is 15.6. The highest BCUT2D eigenvalue weighted by molar-refractivity contribution is 5.91. The summed E-state index contributed by atoms with van der Waals surface area (Å²) >= 11 is 0. The minimum atomic E-state index is -0.291. The van der Waals surface area contributed by atoms with Crippen molar-refractivity contribution in [3.8, 4) is 11.5 Å². The first-order chi connectivity index (χ1) is 13.7. The van der Waals surface area contributed by atoms with Gasteiger partial charge in [0.25, 0.3) is 5.91 Å². The predicted molar refractivity (Wildman–Crippen MR) is 107 cm³/mol. The van der Waals surface area contributed by atoms with Crippen LogP contribution in [0.5, 0.6) is 11.5 Å². The number of methoxy groups -OCH3 is 1. The second-order valence-electron chi connectivity index (χ2n) is 5.91. The van der Waals surface area contributed by atoms with Gasteiger partial charge in [-0.25, -0.2) is 9.97 Å². The van der Waals surface area contributed by atoms with E-state index in [2.05, 4.69) is 20.6 Å². The Hall–Kier alpha value is -3.61. The molecule has 28 heavy (non-hydrogen) atoms. The first kappa shape index (κ1) is 19.2. The number of hydrogen-bond acceptors (Lipinski definition) is 6. The number of rotatable bonds is 9. The minimum Gasteiger partial charge on any atom is -0.497 e. The molecule has 0 atom stereocenters. The minimum absolute atomic E-state index is 0.259. The van der Waals surface area contributed by atoms with E-state index in [4.69, 9.17) is 9.47 Å². The molecular weight excluding hydrogens is 356 g/mol. The summed E-state index contributed by atoms with van der Waals surface area (Å²) < 4.78 is 10.7. The van der Waals surface area contributed by atoms with E-state index in [0.717, 1.165) is 11.3 Å². The number of aromatic nitrogens is 2. The van der Waals surface area contributed by atoms with Crippen molar-refractivity contribution < 1.29 is 14.3 Å². The SMILES string of the molecule is COc1ccc(OCCNC(=O)c2cnc(NCc3ccccc3)cn2)cc1. The summed E-state index contributed by atoms with van der Waals surface area (Å²) in [5.41, 5.74) is 1.40. The summed E-state index contributed by atoms with van der Waals surface area (Å²) in [5, 5.41) is 5.93. The first-order valence-corrected chi connectivity index (χ1v) is 8.89. The van der Waals surface area contributed by atoms with Gasteiger partial charge in [0.05, 0.1) is 26.0 Å². The highest BCUT2D eigenvalue weighted by atomic mass is 16.5. The average Bonchev–Trinajstić information content (AvgIpc) is 2.76. The van der Waals surface area contributed by atoms with Crippen LogP contribution in [0.3, 0.4) is 0 Å². The number of nitrogens with one attached hydrogen (secondary N) is 2. The van der Waals surface area contributed by atoms with Crippen LogP contribution in [0, 0.1) is 0 Å². The Morgan fingerprint density at radius 3 is 2.39 bits per heavy atom. The van der Waals surface area contributed by atoms with Gasteiger partial charge in [0.1, 0.15) is 29.6 Å². The van der Waals surface area contributed by atoms with Crippen LogP contribution in [-0.2, 0) is 6.54 Å². The Labute approximate surface area is 163 Å². The molecule has 3 aromatic rings. The second-order valence-corrected chi connectivity index (χ2v) is 5.91. The van der Waals surface area contributed by atoms with E-state index in [1.54, 1.807) is 13.3 Å². The summed E-state index contributed by atoms with van der Waals surface area (Å²) in [5.74, 6) is 1.80. The van der Waals surface area contributed by atoms with Crippen LogP contribution in [0.25, 0.3) is 0 Å². The zero-order valence-electron chi connectivity index (χ0n) is 15.6. The van der Waals surface area contributed by atoms with Gasteiger partial charge in [-0.3, -0.25) is 4.79 Å². The number of amides is 1. The molecule has 7 nitrogen and oxygen atoms in total. The standard InChI is InChI=1S/C21H22N4O3/c1-27-17-7-9-18(10-8-17)28-12-11-22-21(26)19-14-25-20(15-23-19)24-13-16-5-3-2-4-6-16/h2-10,14-15H,11-13H2,1H3,(H,22,26)(H,24,25). The average molecular weight is 378 g/mol. The topological polar surface area (TPSA) is 85.4 Å². The smallest absolute Gasteiger partial charge is 0.271 e. The zero-order chi connectivity index (χ0) is 19.6. The van der Waals surface area contributed by atoms with E-state index >= 15 is 0 Å². The highest BCUT2D eigenvalue weighted by Gasteiger charge is 2.07. The number of nitrogens with zero attached hydrogens (tertiary/aromatic N) is 2.